The van der Waals surface area contributed by atoms with Crippen molar-refractivity contribution >= 4 is 11.9 Å². The molecule has 7 nitrogen and oxygen atoms in total. The van der Waals surface area contributed by atoms with Crippen LogP contribution in [0, 0.1) is 6.92 Å². The lowest BCUT2D eigenvalue weighted by atomic mass is 10.1. The lowest BCUT2D eigenvalue weighted by Crippen LogP contribution is -2.26. The van der Waals surface area contributed by atoms with Crippen LogP contribution in [0.1, 0.15) is 37.5 Å². The third kappa shape index (κ3) is 3.37. The van der Waals surface area contributed by atoms with Gasteiger partial charge in [0.25, 0.3) is 5.91 Å². The van der Waals surface area contributed by atoms with Crippen LogP contribution < -0.4 is 0 Å². The average Bonchev–Trinajstić information content (AvgIpc) is 3.54. The number of ether oxygens (including phenoxy) is 1. The molecule has 1 amide bonds. The van der Waals surface area contributed by atoms with Gasteiger partial charge in [-0.1, -0.05) is 12.1 Å². The number of methoxy groups -OCH3 is 1. The Bertz CT molecular complexity index is 1300. The molecular formula is C25H22N4O3. The number of aromatic nitrogens is 3. The van der Waals surface area contributed by atoms with Gasteiger partial charge in [-0.05, 0) is 61.0 Å². The molecule has 1 aliphatic rings. The van der Waals surface area contributed by atoms with E-state index in [9.17, 15) is 9.59 Å². The Morgan fingerprint density at radius 2 is 1.66 bits per heavy atom. The molecule has 2 aromatic heterocycles. The second-order valence-corrected chi connectivity index (χ2v) is 7.82. The number of hydrogen-bond acceptors (Lipinski definition) is 4. The molecule has 3 heterocycles. The molecule has 4 aromatic rings. The maximum Gasteiger partial charge on any atom is 0.337 e. The standard InChI is InChI=1S/C25H22N4O3/c1-17-6-5-7-20(14-17)29-23(27-12-3-4-13-27)21-15-28(16-22(21)26-29)24(30)18-8-10-19(11-9-18)25(31)32-2/h3-14H,15-16H2,1-2H3. The van der Waals surface area contributed by atoms with E-state index in [4.69, 9.17) is 9.84 Å². The van der Waals surface area contributed by atoms with E-state index in [0.717, 1.165) is 28.3 Å². The van der Waals surface area contributed by atoms with Crippen LogP contribution in [0.25, 0.3) is 11.5 Å². The molecule has 32 heavy (non-hydrogen) atoms. The third-order valence-corrected chi connectivity index (χ3v) is 5.66. The molecule has 0 fully saturated rings. The molecule has 160 valence electrons. The minimum Gasteiger partial charge on any atom is -0.465 e. The zero-order valence-electron chi connectivity index (χ0n) is 17.9. The predicted octanol–water partition coefficient (Wildman–Crippen LogP) is 3.91. The molecule has 0 bridgehead atoms. The van der Waals surface area contributed by atoms with Crippen molar-refractivity contribution in [3.63, 3.8) is 0 Å². The highest BCUT2D eigenvalue weighted by atomic mass is 16.5. The number of carbonyl (C=O) groups excluding carboxylic acids is 2. The highest BCUT2D eigenvalue weighted by Gasteiger charge is 2.32. The lowest BCUT2D eigenvalue weighted by molar-refractivity contribution is 0.0599. The van der Waals surface area contributed by atoms with Crippen molar-refractivity contribution in [1.29, 1.82) is 0 Å². The number of rotatable bonds is 4. The summed E-state index contributed by atoms with van der Waals surface area (Å²) in [5.74, 6) is 0.415. The van der Waals surface area contributed by atoms with Gasteiger partial charge in [0.2, 0.25) is 0 Å². The molecule has 7 heteroatoms. The Hall–Kier alpha value is -4.13. The minimum absolute atomic E-state index is 0.0972. The molecule has 0 radical (unpaired) electrons. The first kappa shape index (κ1) is 19.8. The number of hydrogen-bond donors (Lipinski definition) is 0. The van der Waals surface area contributed by atoms with Crippen molar-refractivity contribution in [2.75, 3.05) is 7.11 Å². The lowest BCUT2D eigenvalue weighted by Gasteiger charge is -2.18. The van der Waals surface area contributed by atoms with Gasteiger partial charge < -0.3 is 14.2 Å². The van der Waals surface area contributed by atoms with Crippen molar-refractivity contribution in [1.82, 2.24) is 19.2 Å². The summed E-state index contributed by atoms with van der Waals surface area (Å²) in [7, 11) is 1.33. The Morgan fingerprint density at radius 3 is 2.34 bits per heavy atom. The van der Waals surface area contributed by atoms with Gasteiger partial charge in [0.05, 0.1) is 37.1 Å². The molecule has 0 unspecified atom stereocenters. The van der Waals surface area contributed by atoms with E-state index in [1.54, 1.807) is 29.2 Å². The summed E-state index contributed by atoms with van der Waals surface area (Å²) in [6.07, 6.45) is 3.97. The molecule has 0 atom stereocenters. The monoisotopic (exact) mass is 426 g/mol. The molecule has 0 saturated carbocycles. The molecule has 1 aliphatic heterocycles. The fraction of sp³-hybridized carbons (Fsp3) is 0.160. The van der Waals surface area contributed by atoms with Crippen LogP contribution in [0.5, 0.6) is 0 Å². The van der Waals surface area contributed by atoms with Crippen LogP contribution in [-0.2, 0) is 17.8 Å². The van der Waals surface area contributed by atoms with Crippen molar-refractivity contribution in [2.45, 2.75) is 20.0 Å². The van der Waals surface area contributed by atoms with Crippen LogP contribution in [-0.4, -0.2) is 38.2 Å². The third-order valence-electron chi connectivity index (χ3n) is 5.66. The van der Waals surface area contributed by atoms with Crippen LogP contribution in [0.2, 0.25) is 0 Å². The topological polar surface area (TPSA) is 69.4 Å². The van der Waals surface area contributed by atoms with E-state index >= 15 is 0 Å². The smallest absolute Gasteiger partial charge is 0.337 e. The number of aryl methyl sites for hydroxylation is 1. The average molecular weight is 426 g/mol. The number of fused-ring (bicyclic) bond motifs is 1. The Balaban J connectivity index is 1.47. The van der Waals surface area contributed by atoms with E-state index < -0.39 is 5.97 Å². The van der Waals surface area contributed by atoms with E-state index in [1.165, 1.54) is 7.11 Å². The van der Waals surface area contributed by atoms with Crippen molar-refractivity contribution in [3.8, 4) is 11.5 Å². The number of benzene rings is 2. The summed E-state index contributed by atoms with van der Waals surface area (Å²) in [5.41, 5.74) is 5.00. The number of carbonyl (C=O) groups is 2. The Labute approximate surface area is 185 Å². The number of esters is 1. The van der Waals surface area contributed by atoms with Gasteiger partial charge >= 0.3 is 5.97 Å². The zero-order valence-corrected chi connectivity index (χ0v) is 17.9. The summed E-state index contributed by atoms with van der Waals surface area (Å²) < 4.78 is 8.71. The van der Waals surface area contributed by atoms with Gasteiger partial charge in [-0.3, -0.25) is 4.79 Å². The molecule has 2 aromatic carbocycles. The Kier molecular flexibility index (Phi) is 4.86. The largest absolute Gasteiger partial charge is 0.465 e. The van der Waals surface area contributed by atoms with Crippen molar-refractivity contribution in [3.05, 3.63) is 101 Å². The van der Waals surface area contributed by atoms with Crippen LogP contribution >= 0.6 is 0 Å². The highest BCUT2D eigenvalue weighted by molar-refractivity contribution is 5.96. The van der Waals surface area contributed by atoms with Gasteiger partial charge in [0.1, 0.15) is 5.82 Å². The van der Waals surface area contributed by atoms with Crippen molar-refractivity contribution in [2.24, 2.45) is 0 Å². The molecular weight excluding hydrogens is 404 g/mol. The molecule has 0 aliphatic carbocycles. The van der Waals surface area contributed by atoms with Crippen LogP contribution in [0.3, 0.4) is 0 Å². The van der Waals surface area contributed by atoms with Gasteiger partial charge in [0.15, 0.2) is 0 Å². The molecule has 5 rings (SSSR count). The van der Waals surface area contributed by atoms with E-state index in [2.05, 4.69) is 19.1 Å². The van der Waals surface area contributed by atoms with Gasteiger partial charge in [-0.15, -0.1) is 0 Å². The second kappa shape index (κ2) is 7.85. The maximum atomic E-state index is 13.1. The van der Waals surface area contributed by atoms with Gasteiger partial charge in [-0.2, -0.15) is 5.10 Å². The second-order valence-electron chi connectivity index (χ2n) is 7.82. The fourth-order valence-corrected chi connectivity index (χ4v) is 4.08. The van der Waals surface area contributed by atoms with Crippen LogP contribution in [0.4, 0.5) is 0 Å². The SMILES string of the molecule is COC(=O)c1ccc(C(=O)N2Cc3nn(-c4cccc(C)c4)c(-n4cccc4)c3C2)cc1. The first-order chi connectivity index (χ1) is 15.5. The molecule has 0 saturated heterocycles. The summed E-state index contributed by atoms with van der Waals surface area (Å²) in [6, 6.07) is 18.7. The van der Waals surface area contributed by atoms with Crippen molar-refractivity contribution < 1.29 is 14.3 Å². The molecule has 0 spiro atoms. The van der Waals surface area contributed by atoms with E-state index in [-0.39, 0.29) is 5.91 Å². The first-order valence-corrected chi connectivity index (χ1v) is 10.3. The summed E-state index contributed by atoms with van der Waals surface area (Å²) in [5, 5.41) is 4.87. The zero-order chi connectivity index (χ0) is 22.2. The molecule has 0 N–H and O–H groups in total. The summed E-state index contributed by atoms with van der Waals surface area (Å²) in [4.78, 5) is 26.6. The van der Waals surface area contributed by atoms with Gasteiger partial charge in [0, 0.05) is 23.5 Å². The summed E-state index contributed by atoms with van der Waals surface area (Å²) in [6.45, 7) is 2.95. The number of amides is 1. The fourth-order valence-electron chi connectivity index (χ4n) is 4.08. The van der Waals surface area contributed by atoms with E-state index in [0.29, 0.717) is 24.2 Å². The maximum absolute atomic E-state index is 13.1. The van der Waals surface area contributed by atoms with E-state index in [1.807, 2.05) is 45.9 Å². The highest BCUT2D eigenvalue weighted by Crippen LogP contribution is 2.31. The normalized spacial score (nSPS) is 12.6. The van der Waals surface area contributed by atoms with Gasteiger partial charge in [-0.25, -0.2) is 9.48 Å². The van der Waals surface area contributed by atoms with Crippen LogP contribution in [0.15, 0.2) is 73.1 Å². The quantitative estimate of drug-likeness (QED) is 0.464. The predicted molar refractivity (Wildman–Crippen MR) is 119 cm³/mol. The Morgan fingerprint density at radius 1 is 0.938 bits per heavy atom. The minimum atomic E-state index is -0.424. The summed E-state index contributed by atoms with van der Waals surface area (Å²) >= 11 is 0. The first-order valence-electron chi connectivity index (χ1n) is 10.3. The number of nitrogens with zero attached hydrogens (tertiary/aromatic N) is 4.